The number of nitrogens with one attached hydrogen (secondary N) is 1. The minimum atomic E-state index is -5.88. The summed E-state index contributed by atoms with van der Waals surface area (Å²) in [7, 11) is 0. The summed E-state index contributed by atoms with van der Waals surface area (Å²) in [6, 6.07) is 1.06. The number of nitrogens with zero attached hydrogens (tertiary/aromatic N) is 1. The maximum absolute atomic E-state index is 13.3. The van der Waals surface area contributed by atoms with Gasteiger partial charge in [-0.15, -0.1) is 0 Å². The average Bonchev–Trinajstić information content (AvgIpc) is 2.69. The Morgan fingerprint density at radius 2 is 1.80 bits per heavy atom. The number of alkyl halides is 5. The highest BCUT2D eigenvalue weighted by molar-refractivity contribution is 5.92. The molecule has 2 aromatic rings. The van der Waals surface area contributed by atoms with Gasteiger partial charge in [-0.25, -0.2) is 14.2 Å². The topological polar surface area (TPSA) is 66.0 Å². The van der Waals surface area contributed by atoms with Crippen LogP contribution in [0.2, 0.25) is 0 Å². The Morgan fingerprint density at radius 3 is 2.30 bits per heavy atom. The summed E-state index contributed by atoms with van der Waals surface area (Å²) in [6.07, 6.45) is -5.88. The number of carboxylic acid groups (broad SMARTS) is 1. The fourth-order valence-electron chi connectivity index (χ4n) is 1.48. The average molecular weight is 298 g/mol. The van der Waals surface area contributed by atoms with E-state index in [1.165, 1.54) is 0 Å². The van der Waals surface area contributed by atoms with Gasteiger partial charge in [0.1, 0.15) is 5.82 Å². The second-order valence-corrected chi connectivity index (χ2v) is 3.81. The second kappa shape index (κ2) is 4.12. The van der Waals surface area contributed by atoms with Crippen molar-refractivity contribution in [3.05, 3.63) is 29.3 Å². The van der Waals surface area contributed by atoms with Crippen LogP contribution in [-0.2, 0) is 5.92 Å². The summed E-state index contributed by atoms with van der Waals surface area (Å²) in [6.45, 7) is 0. The maximum Gasteiger partial charge on any atom is 0.461 e. The molecule has 1 aromatic carbocycles. The number of hydrogen-bond donors (Lipinski definition) is 2. The van der Waals surface area contributed by atoms with E-state index in [-0.39, 0.29) is 0 Å². The van der Waals surface area contributed by atoms with Crippen molar-refractivity contribution in [3.63, 3.8) is 0 Å². The molecule has 0 fully saturated rings. The molecule has 0 saturated carbocycles. The van der Waals surface area contributed by atoms with Crippen molar-refractivity contribution in [2.24, 2.45) is 0 Å². The normalized spacial score (nSPS) is 12.9. The van der Waals surface area contributed by atoms with E-state index in [0.717, 1.165) is 0 Å². The fraction of sp³-hybridized carbons (Fsp3) is 0.200. The van der Waals surface area contributed by atoms with Crippen molar-refractivity contribution in [1.82, 2.24) is 9.97 Å². The van der Waals surface area contributed by atoms with Gasteiger partial charge in [0.05, 0.1) is 16.6 Å². The molecule has 108 valence electrons. The fourth-order valence-corrected chi connectivity index (χ4v) is 1.48. The molecular weight excluding hydrogens is 294 g/mol. The van der Waals surface area contributed by atoms with Crippen LogP contribution in [0.4, 0.5) is 26.3 Å². The van der Waals surface area contributed by atoms with Crippen LogP contribution in [0.3, 0.4) is 0 Å². The summed E-state index contributed by atoms with van der Waals surface area (Å²) in [5.74, 6) is -9.97. The van der Waals surface area contributed by atoms with E-state index in [1.807, 2.05) is 0 Å². The summed E-state index contributed by atoms with van der Waals surface area (Å²) in [4.78, 5) is 15.2. The third-order valence-electron chi connectivity index (χ3n) is 2.45. The Morgan fingerprint density at radius 1 is 1.20 bits per heavy atom. The standard InChI is InChI=1S/C10H4F6N2O2/c11-4-2-6-5(1-3(4)7(19)20)17-8(18-6)9(12,13)10(14,15)16/h1-2H,(H,17,18)(H,19,20). The number of H-pyrrole nitrogens is 1. The Bertz CT molecular complexity index is 691. The number of rotatable bonds is 2. The third kappa shape index (κ3) is 2.06. The molecule has 0 aliphatic rings. The minimum absolute atomic E-state index is 0.466. The van der Waals surface area contributed by atoms with Gasteiger partial charge in [-0.05, 0) is 6.07 Å². The molecule has 4 nitrogen and oxygen atoms in total. The molecular formula is C10H4F6N2O2. The number of hydrogen-bond acceptors (Lipinski definition) is 2. The van der Waals surface area contributed by atoms with E-state index in [0.29, 0.717) is 12.1 Å². The number of carboxylic acids is 1. The van der Waals surface area contributed by atoms with Crippen molar-refractivity contribution in [2.75, 3.05) is 0 Å². The molecule has 0 aliphatic heterocycles. The Kier molecular flexibility index (Phi) is 2.91. The molecule has 0 saturated heterocycles. The zero-order chi connectivity index (χ0) is 15.3. The number of imidazole rings is 1. The summed E-state index contributed by atoms with van der Waals surface area (Å²) < 4.78 is 75.8. The molecule has 10 heteroatoms. The van der Waals surface area contributed by atoms with E-state index >= 15 is 0 Å². The summed E-state index contributed by atoms with van der Waals surface area (Å²) in [5, 5.41) is 8.61. The molecule has 20 heavy (non-hydrogen) atoms. The zero-order valence-electron chi connectivity index (χ0n) is 9.23. The monoisotopic (exact) mass is 298 g/mol. The third-order valence-corrected chi connectivity index (χ3v) is 2.45. The smallest absolute Gasteiger partial charge is 0.461 e. The van der Waals surface area contributed by atoms with Gasteiger partial charge < -0.3 is 10.1 Å². The van der Waals surface area contributed by atoms with Gasteiger partial charge in [-0.3, -0.25) is 0 Å². The predicted molar refractivity (Wildman–Crippen MR) is 53.0 cm³/mol. The molecule has 0 atom stereocenters. The summed E-state index contributed by atoms with van der Waals surface area (Å²) in [5.41, 5.74) is -1.86. The van der Waals surface area contributed by atoms with Gasteiger partial charge in [0.15, 0.2) is 5.82 Å². The van der Waals surface area contributed by atoms with E-state index in [1.54, 1.807) is 4.98 Å². The van der Waals surface area contributed by atoms with Crippen LogP contribution in [0.15, 0.2) is 12.1 Å². The van der Waals surface area contributed by atoms with Crippen LogP contribution in [0.1, 0.15) is 16.2 Å². The maximum atomic E-state index is 13.3. The van der Waals surface area contributed by atoms with Crippen molar-refractivity contribution >= 4 is 17.0 Å². The predicted octanol–water partition coefficient (Wildman–Crippen LogP) is 3.05. The number of aromatic nitrogens is 2. The minimum Gasteiger partial charge on any atom is -0.478 e. The van der Waals surface area contributed by atoms with E-state index in [2.05, 4.69) is 4.98 Å². The molecule has 0 aliphatic carbocycles. The van der Waals surface area contributed by atoms with Crippen LogP contribution in [0.25, 0.3) is 11.0 Å². The molecule has 1 aromatic heterocycles. The Hall–Kier alpha value is -2.26. The first-order valence-electron chi connectivity index (χ1n) is 4.91. The molecule has 0 spiro atoms. The van der Waals surface area contributed by atoms with E-state index < -0.39 is 46.3 Å². The molecule has 1 heterocycles. The molecule has 0 amide bonds. The zero-order valence-corrected chi connectivity index (χ0v) is 9.23. The van der Waals surface area contributed by atoms with Gasteiger partial charge in [-0.1, -0.05) is 0 Å². The lowest BCUT2D eigenvalue weighted by Gasteiger charge is -2.16. The highest BCUT2D eigenvalue weighted by Gasteiger charge is 2.61. The number of benzene rings is 1. The SMILES string of the molecule is O=C(O)c1cc2nc(C(F)(F)C(F)(F)F)[nH]c2cc1F. The van der Waals surface area contributed by atoms with Crippen molar-refractivity contribution in [3.8, 4) is 0 Å². The molecule has 0 unspecified atom stereocenters. The van der Waals surface area contributed by atoms with Gasteiger partial charge in [0.25, 0.3) is 0 Å². The summed E-state index contributed by atoms with van der Waals surface area (Å²) >= 11 is 0. The first kappa shape index (κ1) is 14.2. The number of carbonyl (C=O) groups is 1. The quantitative estimate of drug-likeness (QED) is 0.837. The van der Waals surface area contributed by atoms with Crippen molar-refractivity contribution < 1.29 is 36.2 Å². The van der Waals surface area contributed by atoms with E-state index in [9.17, 15) is 31.1 Å². The first-order chi connectivity index (χ1) is 9.04. The Balaban J connectivity index is 2.63. The number of aromatic carboxylic acids is 1. The van der Waals surface area contributed by atoms with Crippen LogP contribution in [0, 0.1) is 5.82 Å². The molecule has 0 radical (unpaired) electrons. The lowest BCUT2D eigenvalue weighted by molar-refractivity contribution is -0.292. The van der Waals surface area contributed by atoms with Gasteiger partial charge in [-0.2, -0.15) is 22.0 Å². The van der Waals surface area contributed by atoms with Gasteiger partial charge in [0, 0.05) is 6.07 Å². The van der Waals surface area contributed by atoms with Crippen LogP contribution in [0.5, 0.6) is 0 Å². The van der Waals surface area contributed by atoms with Crippen LogP contribution < -0.4 is 0 Å². The van der Waals surface area contributed by atoms with Crippen molar-refractivity contribution in [2.45, 2.75) is 12.1 Å². The number of fused-ring (bicyclic) bond motifs is 1. The Labute approximate surface area is 106 Å². The number of aromatic amines is 1. The lowest BCUT2D eigenvalue weighted by Crippen LogP contribution is -2.34. The second-order valence-electron chi connectivity index (χ2n) is 3.81. The van der Waals surface area contributed by atoms with E-state index in [4.69, 9.17) is 5.11 Å². The highest BCUT2D eigenvalue weighted by Crippen LogP contribution is 2.43. The molecule has 2 N–H and O–H groups in total. The molecule has 0 bridgehead atoms. The van der Waals surface area contributed by atoms with Gasteiger partial charge >= 0.3 is 18.1 Å². The number of halogens is 6. The highest BCUT2D eigenvalue weighted by atomic mass is 19.4. The lowest BCUT2D eigenvalue weighted by atomic mass is 10.2. The van der Waals surface area contributed by atoms with Crippen LogP contribution in [-0.4, -0.2) is 27.2 Å². The largest absolute Gasteiger partial charge is 0.478 e. The van der Waals surface area contributed by atoms with Gasteiger partial charge in [0.2, 0.25) is 0 Å². The molecule has 2 rings (SSSR count). The van der Waals surface area contributed by atoms with Crippen molar-refractivity contribution in [1.29, 1.82) is 0 Å². The first-order valence-corrected chi connectivity index (χ1v) is 4.91. The van der Waals surface area contributed by atoms with Crippen LogP contribution >= 0.6 is 0 Å².